The predicted octanol–water partition coefficient (Wildman–Crippen LogP) is 1.39. The molecule has 0 saturated carbocycles. The zero-order valence-corrected chi connectivity index (χ0v) is 13.9. The number of carbonyl (C=O) groups is 1. The summed E-state index contributed by atoms with van der Waals surface area (Å²) < 4.78 is 1.43. The number of hydrogen-bond acceptors (Lipinski definition) is 7. The highest BCUT2D eigenvalue weighted by molar-refractivity contribution is 8.13. The number of benzene rings is 1. The molecule has 0 aliphatic carbocycles. The molecule has 0 fully saturated rings. The van der Waals surface area contributed by atoms with Crippen molar-refractivity contribution in [2.24, 2.45) is 0 Å². The summed E-state index contributed by atoms with van der Waals surface area (Å²) in [5.41, 5.74) is 7.31. The van der Waals surface area contributed by atoms with E-state index in [1.54, 1.807) is 24.3 Å². The van der Waals surface area contributed by atoms with Gasteiger partial charge in [-0.2, -0.15) is 10.4 Å². The molecule has 1 aromatic heterocycles. The van der Waals surface area contributed by atoms with Crippen molar-refractivity contribution in [2.45, 2.75) is 25.6 Å². The van der Waals surface area contributed by atoms with E-state index in [2.05, 4.69) is 5.10 Å². The van der Waals surface area contributed by atoms with E-state index >= 15 is 0 Å². The molecule has 2 unspecified atom stereocenters. The second-order valence-corrected chi connectivity index (χ2v) is 6.47. The Morgan fingerprint density at radius 1 is 1.42 bits per heavy atom. The van der Waals surface area contributed by atoms with Gasteiger partial charge in [-0.1, -0.05) is 23.9 Å². The minimum Gasteiger partial charge on any atom is -0.390 e. The van der Waals surface area contributed by atoms with Gasteiger partial charge in [-0.15, -0.1) is 0 Å². The number of rotatable bonds is 6. The number of nitrogens with two attached hydrogens (primary N) is 1. The van der Waals surface area contributed by atoms with Crippen molar-refractivity contribution >= 4 is 22.7 Å². The lowest BCUT2D eigenvalue weighted by Crippen LogP contribution is -2.19. The lowest BCUT2D eigenvalue weighted by molar-refractivity contribution is -0.109. The quantitative estimate of drug-likeness (QED) is 0.721. The fraction of sp³-hybridized carbons (Fsp3) is 0.312. The first-order valence-electron chi connectivity index (χ1n) is 7.27. The number of nitrogens with zero attached hydrogens (tertiary/aromatic N) is 3. The fourth-order valence-corrected chi connectivity index (χ4v) is 2.81. The molecule has 0 aliphatic heterocycles. The first kappa shape index (κ1) is 18.0. The minimum absolute atomic E-state index is 0.0189. The molecular weight excluding hydrogens is 328 g/mol. The molecular formula is C16H18N4O3S. The molecule has 1 heterocycles. The molecule has 0 bridgehead atoms. The smallest absolute Gasteiger partial charge is 0.185 e. The third-order valence-corrected chi connectivity index (χ3v) is 4.34. The topological polar surface area (TPSA) is 125 Å². The van der Waals surface area contributed by atoms with E-state index in [0.29, 0.717) is 23.4 Å². The zero-order chi connectivity index (χ0) is 17.7. The highest BCUT2D eigenvalue weighted by Crippen LogP contribution is 2.23. The number of hydrogen-bond donors (Lipinski definition) is 3. The fourth-order valence-electron chi connectivity index (χ4n) is 2.17. The van der Waals surface area contributed by atoms with E-state index in [0.717, 1.165) is 11.8 Å². The molecule has 24 heavy (non-hydrogen) atoms. The zero-order valence-electron chi connectivity index (χ0n) is 13.1. The summed E-state index contributed by atoms with van der Waals surface area (Å²) in [4.78, 5) is 10.9. The van der Waals surface area contributed by atoms with Crippen molar-refractivity contribution in [3.63, 3.8) is 0 Å². The van der Waals surface area contributed by atoms with Crippen molar-refractivity contribution in [3.05, 3.63) is 41.6 Å². The van der Waals surface area contributed by atoms with Crippen LogP contribution in [0.4, 0.5) is 5.82 Å². The van der Waals surface area contributed by atoms with E-state index < -0.39 is 12.2 Å². The Bertz CT molecular complexity index is 752. The number of carbonyl (C=O) groups excluding carboxylic acids is 1. The molecule has 0 amide bonds. The van der Waals surface area contributed by atoms with Crippen LogP contribution < -0.4 is 5.73 Å². The third-order valence-electron chi connectivity index (χ3n) is 3.49. The molecule has 2 rings (SSSR count). The highest BCUT2D eigenvalue weighted by Gasteiger charge is 2.18. The van der Waals surface area contributed by atoms with Crippen LogP contribution in [0.25, 0.3) is 5.69 Å². The van der Waals surface area contributed by atoms with Gasteiger partial charge in [0.15, 0.2) is 5.12 Å². The van der Waals surface area contributed by atoms with E-state index in [1.807, 2.05) is 6.07 Å². The Balaban J connectivity index is 2.07. The molecule has 0 aliphatic rings. The van der Waals surface area contributed by atoms with Gasteiger partial charge >= 0.3 is 0 Å². The minimum atomic E-state index is -1.05. The number of nitriles is 1. The van der Waals surface area contributed by atoms with Crippen LogP contribution in [-0.4, -0.2) is 37.0 Å². The summed E-state index contributed by atoms with van der Waals surface area (Å²) in [6, 6.07) is 8.66. The van der Waals surface area contributed by atoms with Gasteiger partial charge in [-0.3, -0.25) is 4.79 Å². The van der Waals surface area contributed by atoms with E-state index in [9.17, 15) is 15.0 Å². The van der Waals surface area contributed by atoms with Crippen LogP contribution in [0.5, 0.6) is 0 Å². The van der Waals surface area contributed by atoms with Gasteiger partial charge in [-0.05, 0) is 24.1 Å². The summed E-state index contributed by atoms with van der Waals surface area (Å²) in [7, 11) is 0. The molecule has 2 atom stereocenters. The maximum absolute atomic E-state index is 10.9. The monoisotopic (exact) mass is 346 g/mol. The normalized spacial score (nSPS) is 13.2. The molecule has 8 heteroatoms. The molecule has 0 spiro atoms. The SMILES string of the molecule is CC(=O)SCCC(O)C(O)c1ccc(-n2ncc(C#N)c2N)cc1. The van der Waals surface area contributed by atoms with Crippen LogP contribution in [0.15, 0.2) is 30.5 Å². The molecule has 126 valence electrons. The van der Waals surface area contributed by atoms with Crippen LogP contribution in [0, 0.1) is 11.3 Å². The van der Waals surface area contributed by atoms with Gasteiger partial charge in [0.2, 0.25) is 0 Å². The van der Waals surface area contributed by atoms with Crippen LogP contribution >= 0.6 is 11.8 Å². The van der Waals surface area contributed by atoms with Crippen molar-refractivity contribution in [1.82, 2.24) is 9.78 Å². The highest BCUT2D eigenvalue weighted by atomic mass is 32.2. The predicted molar refractivity (Wildman–Crippen MR) is 91.4 cm³/mol. The Morgan fingerprint density at radius 3 is 2.62 bits per heavy atom. The molecule has 1 aromatic carbocycles. The first-order chi connectivity index (χ1) is 11.4. The van der Waals surface area contributed by atoms with Crippen LogP contribution in [0.2, 0.25) is 0 Å². The first-order valence-corrected chi connectivity index (χ1v) is 8.26. The Morgan fingerprint density at radius 2 is 2.08 bits per heavy atom. The Labute approximate surface area is 143 Å². The lowest BCUT2D eigenvalue weighted by atomic mass is 10.0. The van der Waals surface area contributed by atoms with E-state index in [-0.39, 0.29) is 16.5 Å². The third kappa shape index (κ3) is 4.14. The number of aliphatic hydroxyl groups excluding tert-OH is 2. The van der Waals surface area contributed by atoms with E-state index in [4.69, 9.17) is 11.0 Å². The summed E-state index contributed by atoms with van der Waals surface area (Å²) >= 11 is 1.12. The van der Waals surface area contributed by atoms with Gasteiger partial charge in [0.1, 0.15) is 23.6 Å². The summed E-state index contributed by atoms with van der Waals surface area (Å²) in [6.07, 6.45) is -0.307. The standard InChI is InChI=1S/C16H18N4O3S/c1-10(21)24-7-6-14(22)15(23)11-2-4-13(5-3-11)20-16(18)12(8-17)9-19-20/h2-5,9,14-15,22-23H,6-7,18H2,1H3. The lowest BCUT2D eigenvalue weighted by Gasteiger charge is -2.18. The number of anilines is 1. The van der Waals surface area contributed by atoms with Crippen molar-refractivity contribution in [2.75, 3.05) is 11.5 Å². The Hall–Kier alpha value is -2.34. The average molecular weight is 346 g/mol. The number of aromatic nitrogens is 2. The number of thioether (sulfide) groups is 1. The summed E-state index contributed by atoms with van der Waals surface area (Å²) in [5.74, 6) is 0.693. The van der Waals surface area contributed by atoms with Gasteiger partial charge in [-0.25, -0.2) is 4.68 Å². The number of nitrogen functional groups attached to an aromatic ring is 1. The van der Waals surface area contributed by atoms with Crippen LogP contribution in [0.3, 0.4) is 0 Å². The largest absolute Gasteiger partial charge is 0.390 e. The second-order valence-electron chi connectivity index (χ2n) is 5.20. The van der Waals surface area contributed by atoms with Gasteiger partial charge < -0.3 is 15.9 Å². The van der Waals surface area contributed by atoms with Crippen LogP contribution in [0.1, 0.15) is 30.6 Å². The molecule has 4 N–H and O–H groups in total. The van der Waals surface area contributed by atoms with Crippen LogP contribution in [-0.2, 0) is 4.79 Å². The molecule has 0 radical (unpaired) electrons. The van der Waals surface area contributed by atoms with Gasteiger partial charge in [0.05, 0.1) is 18.0 Å². The van der Waals surface area contributed by atoms with Crippen molar-refractivity contribution in [3.8, 4) is 11.8 Å². The van der Waals surface area contributed by atoms with Gasteiger partial charge in [0.25, 0.3) is 0 Å². The van der Waals surface area contributed by atoms with Gasteiger partial charge in [0, 0.05) is 12.7 Å². The second kappa shape index (κ2) is 7.97. The van der Waals surface area contributed by atoms with E-state index in [1.165, 1.54) is 17.8 Å². The maximum Gasteiger partial charge on any atom is 0.185 e. The summed E-state index contributed by atoms with van der Waals surface area (Å²) in [6.45, 7) is 1.46. The maximum atomic E-state index is 10.9. The number of aliphatic hydroxyl groups is 2. The molecule has 0 saturated heterocycles. The average Bonchev–Trinajstić information content (AvgIpc) is 2.94. The van der Waals surface area contributed by atoms with Crippen molar-refractivity contribution in [1.29, 1.82) is 5.26 Å². The summed E-state index contributed by atoms with van der Waals surface area (Å²) in [5, 5.41) is 33.1. The Kier molecular flexibility index (Phi) is 5.98. The molecule has 7 nitrogen and oxygen atoms in total. The van der Waals surface area contributed by atoms with Crippen molar-refractivity contribution < 1.29 is 15.0 Å². The molecule has 2 aromatic rings.